The van der Waals surface area contributed by atoms with E-state index in [0.29, 0.717) is 6.54 Å². The van der Waals surface area contributed by atoms with Crippen molar-refractivity contribution in [2.75, 3.05) is 38.2 Å². The number of halogens is 1. The van der Waals surface area contributed by atoms with Gasteiger partial charge in [-0.2, -0.15) is 0 Å². The molecule has 170 valence electrons. The second-order valence-corrected chi connectivity index (χ2v) is 8.98. The van der Waals surface area contributed by atoms with Gasteiger partial charge in [-0.15, -0.1) is 16.4 Å². The molecule has 0 bridgehead atoms. The Morgan fingerprint density at radius 1 is 1.00 bits per heavy atom. The van der Waals surface area contributed by atoms with Gasteiger partial charge in [0.25, 0.3) is 0 Å². The van der Waals surface area contributed by atoms with Gasteiger partial charge in [0.2, 0.25) is 0 Å². The van der Waals surface area contributed by atoms with Crippen molar-refractivity contribution in [2.45, 2.75) is 12.6 Å². The van der Waals surface area contributed by atoms with Gasteiger partial charge in [0, 0.05) is 36.7 Å². The van der Waals surface area contributed by atoms with E-state index in [-0.39, 0.29) is 11.9 Å². The van der Waals surface area contributed by atoms with E-state index in [4.69, 9.17) is 4.74 Å². The molecule has 3 heterocycles. The van der Waals surface area contributed by atoms with Crippen LogP contribution in [0.1, 0.15) is 22.3 Å². The van der Waals surface area contributed by atoms with E-state index in [1.54, 1.807) is 18.4 Å². The molecule has 1 saturated heterocycles. The van der Waals surface area contributed by atoms with Crippen LogP contribution in [0.25, 0.3) is 0 Å². The van der Waals surface area contributed by atoms with Gasteiger partial charge in [0.05, 0.1) is 19.7 Å². The van der Waals surface area contributed by atoms with E-state index in [9.17, 15) is 4.39 Å². The highest BCUT2D eigenvalue weighted by Crippen LogP contribution is 2.31. The molecule has 1 aliphatic heterocycles. The lowest BCUT2D eigenvalue weighted by Gasteiger charge is -2.40. The Hall–Kier alpha value is -3.30. The highest BCUT2D eigenvalue weighted by atomic mass is 32.1. The average Bonchev–Trinajstić information content (AvgIpc) is 3.54. The van der Waals surface area contributed by atoms with Crippen LogP contribution in [0.3, 0.4) is 0 Å². The molecule has 0 radical (unpaired) electrons. The molecule has 4 aromatic rings. The van der Waals surface area contributed by atoms with Crippen LogP contribution in [-0.2, 0) is 6.54 Å². The van der Waals surface area contributed by atoms with Crippen molar-refractivity contribution in [2.24, 2.45) is 0 Å². The van der Waals surface area contributed by atoms with Crippen LogP contribution in [0.4, 0.5) is 10.1 Å². The van der Waals surface area contributed by atoms with Crippen LogP contribution < -0.4 is 9.64 Å². The van der Waals surface area contributed by atoms with E-state index in [2.05, 4.69) is 48.9 Å². The molecule has 33 heavy (non-hydrogen) atoms. The van der Waals surface area contributed by atoms with Gasteiger partial charge in [-0.05, 0) is 63.8 Å². The standard InChI is InChI=1S/C24H25FN6OS/c1-32-21-10-4-18(5-11-21)23(24-26-27-28-31(24)17-22-3-2-16-33-22)30-14-12-29(13-15-30)20-8-6-19(25)7-9-20/h2-11,16,23H,12-15,17H2,1H3/t23-/m0/s1. The SMILES string of the molecule is COc1ccc([C@@H](c2nnnn2Cc2cccs2)N2CCN(c3ccc(F)cc3)CC2)cc1. The number of ether oxygens (including phenoxy) is 1. The van der Waals surface area contributed by atoms with E-state index in [1.807, 2.05) is 35.0 Å². The van der Waals surface area contributed by atoms with Gasteiger partial charge >= 0.3 is 0 Å². The molecule has 0 unspecified atom stereocenters. The number of anilines is 1. The first-order chi connectivity index (χ1) is 16.2. The Kier molecular flexibility index (Phi) is 6.32. The molecule has 0 amide bonds. The fourth-order valence-corrected chi connectivity index (χ4v) is 4.96. The predicted octanol–water partition coefficient (Wildman–Crippen LogP) is 3.84. The number of piperazine rings is 1. The Labute approximate surface area is 196 Å². The largest absolute Gasteiger partial charge is 0.497 e. The van der Waals surface area contributed by atoms with Gasteiger partial charge in [-0.25, -0.2) is 9.07 Å². The second-order valence-electron chi connectivity index (χ2n) is 7.95. The van der Waals surface area contributed by atoms with E-state index in [0.717, 1.165) is 49.0 Å². The summed E-state index contributed by atoms with van der Waals surface area (Å²) >= 11 is 1.70. The summed E-state index contributed by atoms with van der Waals surface area (Å²) in [7, 11) is 1.67. The van der Waals surface area contributed by atoms with Crippen molar-refractivity contribution in [3.05, 3.63) is 88.1 Å². The maximum absolute atomic E-state index is 13.3. The molecule has 7 nitrogen and oxygen atoms in total. The number of tetrazole rings is 1. The lowest BCUT2D eigenvalue weighted by molar-refractivity contribution is 0.201. The molecule has 0 aliphatic carbocycles. The van der Waals surface area contributed by atoms with Gasteiger partial charge in [-0.1, -0.05) is 18.2 Å². The van der Waals surface area contributed by atoms with Crippen LogP contribution in [0.5, 0.6) is 5.75 Å². The number of rotatable bonds is 7. The Morgan fingerprint density at radius 3 is 2.42 bits per heavy atom. The number of aromatic nitrogens is 4. The zero-order chi connectivity index (χ0) is 22.6. The Morgan fingerprint density at radius 2 is 1.76 bits per heavy atom. The number of nitrogens with zero attached hydrogens (tertiary/aromatic N) is 6. The fraction of sp³-hybridized carbons (Fsp3) is 0.292. The van der Waals surface area contributed by atoms with E-state index in [1.165, 1.54) is 17.0 Å². The van der Waals surface area contributed by atoms with E-state index < -0.39 is 0 Å². The van der Waals surface area contributed by atoms with Crippen LogP contribution in [0, 0.1) is 5.82 Å². The van der Waals surface area contributed by atoms with Gasteiger partial charge in [0.15, 0.2) is 5.82 Å². The molecular weight excluding hydrogens is 439 g/mol. The zero-order valence-corrected chi connectivity index (χ0v) is 19.2. The molecular formula is C24H25FN6OS. The minimum absolute atomic E-state index is 0.0822. The summed E-state index contributed by atoms with van der Waals surface area (Å²) in [4.78, 5) is 5.91. The first kappa shape index (κ1) is 21.5. The molecule has 1 fully saturated rings. The van der Waals surface area contributed by atoms with Crippen LogP contribution in [0.15, 0.2) is 66.0 Å². The number of benzene rings is 2. The van der Waals surface area contributed by atoms with Crippen LogP contribution in [0.2, 0.25) is 0 Å². The van der Waals surface area contributed by atoms with Gasteiger partial charge in [0.1, 0.15) is 11.6 Å². The molecule has 5 rings (SSSR count). The first-order valence-electron chi connectivity index (χ1n) is 10.9. The number of hydrogen-bond donors (Lipinski definition) is 0. The molecule has 0 spiro atoms. The Bertz CT molecular complexity index is 1150. The van der Waals surface area contributed by atoms with Crippen LogP contribution in [-0.4, -0.2) is 58.4 Å². The molecule has 2 aromatic carbocycles. The normalized spacial score (nSPS) is 15.5. The minimum Gasteiger partial charge on any atom is -0.497 e. The topological polar surface area (TPSA) is 59.3 Å². The summed E-state index contributed by atoms with van der Waals surface area (Å²) < 4.78 is 20.6. The van der Waals surface area contributed by atoms with Gasteiger partial charge in [-0.3, -0.25) is 4.90 Å². The third-order valence-electron chi connectivity index (χ3n) is 5.99. The van der Waals surface area contributed by atoms with E-state index >= 15 is 0 Å². The van der Waals surface area contributed by atoms with Crippen molar-refractivity contribution >= 4 is 17.0 Å². The Balaban J connectivity index is 1.41. The maximum atomic E-state index is 13.3. The smallest absolute Gasteiger partial charge is 0.173 e. The van der Waals surface area contributed by atoms with Gasteiger partial charge < -0.3 is 9.64 Å². The summed E-state index contributed by atoms with van der Waals surface area (Å²) in [5, 5.41) is 14.8. The quantitative estimate of drug-likeness (QED) is 0.414. The number of hydrogen-bond acceptors (Lipinski definition) is 7. The summed E-state index contributed by atoms with van der Waals surface area (Å²) in [5.41, 5.74) is 2.16. The average molecular weight is 465 g/mol. The van der Waals surface area contributed by atoms with Crippen molar-refractivity contribution in [1.82, 2.24) is 25.1 Å². The summed E-state index contributed by atoms with van der Waals surface area (Å²) in [6.07, 6.45) is 0. The lowest BCUT2D eigenvalue weighted by atomic mass is 10.0. The van der Waals surface area contributed by atoms with Crippen LogP contribution >= 0.6 is 11.3 Å². The third-order valence-corrected chi connectivity index (χ3v) is 6.85. The third kappa shape index (κ3) is 4.74. The summed E-state index contributed by atoms with van der Waals surface area (Å²) in [6.45, 7) is 3.98. The molecule has 2 aromatic heterocycles. The second kappa shape index (κ2) is 9.68. The van der Waals surface area contributed by atoms with Crippen molar-refractivity contribution in [1.29, 1.82) is 0 Å². The predicted molar refractivity (Wildman–Crippen MR) is 126 cm³/mol. The molecule has 9 heteroatoms. The van der Waals surface area contributed by atoms with Crippen molar-refractivity contribution in [3.63, 3.8) is 0 Å². The van der Waals surface area contributed by atoms with Crippen molar-refractivity contribution < 1.29 is 9.13 Å². The monoisotopic (exact) mass is 464 g/mol. The number of methoxy groups -OCH3 is 1. The maximum Gasteiger partial charge on any atom is 0.173 e. The minimum atomic E-state index is -0.213. The molecule has 1 atom stereocenters. The molecule has 1 aliphatic rings. The highest BCUT2D eigenvalue weighted by molar-refractivity contribution is 7.09. The summed E-state index contributed by atoms with van der Waals surface area (Å²) in [6, 6.07) is 18.9. The highest BCUT2D eigenvalue weighted by Gasteiger charge is 2.31. The van der Waals surface area contributed by atoms with Crippen molar-refractivity contribution in [3.8, 4) is 5.75 Å². The fourth-order valence-electron chi connectivity index (χ4n) is 4.27. The molecule has 0 saturated carbocycles. The zero-order valence-electron chi connectivity index (χ0n) is 18.3. The molecule has 0 N–H and O–H groups in total. The lowest BCUT2D eigenvalue weighted by Crippen LogP contribution is -2.48. The number of thiophene rings is 1. The summed E-state index contributed by atoms with van der Waals surface area (Å²) in [5.74, 6) is 1.43. The first-order valence-corrected chi connectivity index (χ1v) is 11.8.